The van der Waals surface area contributed by atoms with Crippen LogP contribution in [0.2, 0.25) is 0 Å². The number of benzene rings is 1. The Balaban J connectivity index is 1.53. The quantitative estimate of drug-likeness (QED) is 0.887. The summed E-state index contributed by atoms with van der Waals surface area (Å²) in [4.78, 5) is 16.1. The summed E-state index contributed by atoms with van der Waals surface area (Å²) in [7, 11) is 1.61. The minimum absolute atomic E-state index is 0.170. The Hall–Kier alpha value is -2.50. The summed E-state index contributed by atoms with van der Waals surface area (Å²) < 4.78 is 15.9. The summed E-state index contributed by atoms with van der Waals surface area (Å²) in [6.07, 6.45) is 4.61. The molecule has 22 heavy (non-hydrogen) atoms. The number of aromatic nitrogens is 1. The van der Waals surface area contributed by atoms with Crippen molar-refractivity contribution in [3.05, 3.63) is 42.1 Å². The number of hydrogen-bond donors (Lipinski definition) is 1. The van der Waals surface area contributed by atoms with Crippen LogP contribution >= 0.6 is 0 Å². The van der Waals surface area contributed by atoms with Crippen molar-refractivity contribution in [2.24, 2.45) is 0 Å². The van der Waals surface area contributed by atoms with Crippen molar-refractivity contribution in [3.8, 4) is 11.5 Å². The zero-order chi connectivity index (χ0) is 15.4. The van der Waals surface area contributed by atoms with Gasteiger partial charge in [-0.15, -0.1) is 0 Å². The van der Waals surface area contributed by atoms with Crippen LogP contribution < -0.4 is 14.8 Å². The first-order chi connectivity index (χ1) is 10.7. The molecule has 1 aromatic carbocycles. The molecule has 1 heterocycles. The lowest BCUT2D eigenvalue weighted by atomic mass is 9.93. The second kappa shape index (κ2) is 6.51. The predicted octanol–water partition coefficient (Wildman–Crippen LogP) is 2.54. The Morgan fingerprint density at radius 2 is 2.05 bits per heavy atom. The van der Waals surface area contributed by atoms with Crippen molar-refractivity contribution in [1.29, 1.82) is 0 Å². The van der Waals surface area contributed by atoms with E-state index in [4.69, 9.17) is 13.9 Å². The maximum atomic E-state index is 11.9. The van der Waals surface area contributed by atoms with E-state index in [0.717, 1.165) is 18.6 Å². The third-order valence-corrected chi connectivity index (χ3v) is 3.65. The molecule has 0 spiro atoms. The Morgan fingerprint density at radius 3 is 2.68 bits per heavy atom. The fourth-order valence-electron chi connectivity index (χ4n) is 2.11. The molecule has 6 nitrogen and oxygen atoms in total. The molecule has 0 atom stereocenters. The maximum absolute atomic E-state index is 11.9. The van der Waals surface area contributed by atoms with Gasteiger partial charge in [-0.25, -0.2) is 4.98 Å². The van der Waals surface area contributed by atoms with E-state index in [0.29, 0.717) is 17.3 Å². The molecule has 1 aliphatic carbocycles. The van der Waals surface area contributed by atoms with Crippen molar-refractivity contribution in [1.82, 2.24) is 10.3 Å². The fourth-order valence-corrected chi connectivity index (χ4v) is 2.11. The molecule has 1 aliphatic rings. The average molecular weight is 302 g/mol. The van der Waals surface area contributed by atoms with Crippen molar-refractivity contribution in [2.75, 3.05) is 7.11 Å². The van der Waals surface area contributed by atoms with Gasteiger partial charge in [-0.3, -0.25) is 4.79 Å². The van der Waals surface area contributed by atoms with Crippen LogP contribution in [0.5, 0.6) is 11.5 Å². The van der Waals surface area contributed by atoms with Crippen LogP contribution in [0.25, 0.3) is 0 Å². The minimum Gasteiger partial charge on any atom is -0.497 e. The SMILES string of the molecule is COc1ccc(OCc2nc(C(=O)NC3CCC3)co2)cc1. The predicted molar refractivity (Wildman–Crippen MR) is 78.9 cm³/mol. The van der Waals surface area contributed by atoms with E-state index in [1.165, 1.54) is 12.7 Å². The normalized spacial score (nSPS) is 14.2. The number of nitrogens with one attached hydrogen (secondary N) is 1. The van der Waals surface area contributed by atoms with E-state index in [1.54, 1.807) is 19.2 Å². The van der Waals surface area contributed by atoms with Gasteiger partial charge in [0.25, 0.3) is 5.91 Å². The molecule has 3 rings (SSSR count). The largest absolute Gasteiger partial charge is 0.497 e. The van der Waals surface area contributed by atoms with Crippen molar-refractivity contribution >= 4 is 5.91 Å². The number of hydrogen-bond acceptors (Lipinski definition) is 5. The van der Waals surface area contributed by atoms with E-state index < -0.39 is 0 Å². The molecule has 1 amide bonds. The lowest BCUT2D eigenvalue weighted by molar-refractivity contribution is 0.0911. The van der Waals surface area contributed by atoms with E-state index >= 15 is 0 Å². The van der Waals surface area contributed by atoms with Gasteiger partial charge < -0.3 is 19.2 Å². The second-order valence-electron chi connectivity index (χ2n) is 5.19. The van der Waals surface area contributed by atoms with Gasteiger partial charge in [-0.05, 0) is 43.5 Å². The summed E-state index contributed by atoms with van der Waals surface area (Å²) in [6.45, 7) is 0.170. The van der Waals surface area contributed by atoms with Gasteiger partial charge in [0.15, 0.2) is 12.3 Å². The zero-order valence-electron chi connectivity index (χ0n) is 12.4. The van der Waals surface area contributed by atoms with Crippen molar-refractivity contribution in [2.45, 2.75) is 31.9 Å². The van der Waals surface area contributed by atoms with Gasteiger partial charge in [0, 0.05) is 6.04 Å². The molecule has 1 N–H and O–H groups in total. The summed E-state index contributed by atoms with van der Waals surface area (Å²) in [5.41, 5.74) is 0.292. The molecule has 0 bridgehead atoms. The molecule has 1 aromatic heterocycles. The molecule has 0 radical (unpaired) electrons. The van der Waals surface area contributed by atoms with Crippen LogP contribution in [-0.4, -0.2) is 24.0 Å². The summed E-state index contributed by atoms with van der Waals surface area (Å²) in [6, 6.07) is 7.49. The molecular formula is C16H18N2O4. The third-order valence-electron chi connectivity index (χ3n) is 3.65. The highest BCUT2D eigenvalue weighted by Crippen LogP contribution is 2.19. The number of carbonyl (C=O) groups excluding carboxylic acids is 1. The summed E-state index contributed by atoms with van der Waals surface area (Å²) in [5, 5.41) is 2.92. The number of methoxy groups -OCH3 is 1. The fraction of sp³-hybridized carbons (Fsp3) is 0.375. The van der Waals surface area contributed by atoms with Gasteiger partial charge in [0.1, 0.15) is 17.8 Å². The molecule has 116 valence electrons. The Bertz CT molecular complexity index is 632. The molecule has 2 aromatic rings. The smallest absolute Gasteiger partial charge is 0.273 e. The van der Waals surface area contributed by atoms with Gasteiger partial charge in [0.05, 0.1) is 7.11 Å². The van der Waals surface area contributed by atoms with Crippen LogP contribution in [0.15, 0.2) is 34.9 Å². The lowest BCUT2D eigenvalue weighted by Crippen LogP contribution is -2.39. The van der Waals surface area contributed by atoms with Crippen molar-refractivity contribution in [3.63, 3.8) is 0 Å². The molecule has 1 fully saturated rings. The van der Waals surface area contributed by atoms with Crippen LogP contribution in [0.4, 0.5) is 0 Å². The number of carbonyl (C=O) groups is 1. The lowest BCUT2D eigenvalue weighted by Gasteiger charge is -2.25. The molecule has 0 unspecified atom stereocenters. The molecule has 6 heteroatoms. The highest BCUT2D eigenvalue weighted by atomic mass is 16.5. The third kappa shape index (κ3) is 3.39. The molecule has 0 saturated heterocycles. The van der Waals surface area contributed by atoms with E-state index in [1.807, 2.05) is 12.1 Å². The van der Waals surface area contributed by atoms with Crippen LogP contribution in [0, 0.1) is 0 Å². The van der Waals surface area contributed by atoms with E-state index in [-0.39, 0.29) is 18.6 Å². The topological polar surface area (TPSA) is 73.6 Å². The summed E-state index contributed by atoms with van der Waals surface area (Å²) >= 11 is 0. The number of rotatable bonds is 6. The standard InChI is InChI=1S/C16H18N2O4/c1-20-12-5-7-13(8-6-12)21-10-15-18-14(9-22-15)16(19)17-11-3-2-4-11/h5-9,11H,2-4,10H2,1H3,(H,17,19). The van der Waals surface area contributed by atoms with Crippen LogP contribution in [0.3, 0.4) is 0 Å². The van der Waals surface area contributed by atoms with Crippen LogP contribution in [-0.2, 0) is 6.61 Å². The van der Waals surface area contributed by atoms with Gasteiger partial charge in [-0.1, -0.05) is 0 Å². The number of oxazole rings is 1. The highest BCUT2D eigenvalue weighted by molar-refractivity contribution is 5.92. The summed E-state index contributed by atoms with van der Waals surface area (Å²) in [5.74, 6) is 1.62. The first kappa shape index (κ1) is 14.4. The van der Waals surface area contributed by atoms with Crippen LogP contribution in [0.1, 0.15) is 35.6 Å². The van der Waals surface area contributed by atoms with Gasteiger partial charge in [-0.2, -0.15) is 0 Å². The highest BCUT2D eigenvalue weighted by Gasteiger charge is 2.21. The Labute approximate surface area is 128 Å². The molecule has 0 aliphatic heterocycles. The van der Waals surface area contributed by atoms with Gasteiger partial charge in [0.2, 0.25) is 5.89 Å². The maximum Gasteiger partial charge on any atom is 0.273 e. The monoisotopic (exact) mass is 302 g/mol. The first-order valence-corrected chi connectivity index (χ1v) is 7.27. The van der Waals surface area contributed by atoms with E-state index in [9.17, 15) is 4.79 Å². The Morgan fingerprint density at radius 1 is 1.32 bits per heavy atom. The zero-order valence-corrected chi connectivity index (χ0v) is 12.4. The minimum atomic E-state index is -0.191. The Kier molecular flexibility index (Phi) is 4.27. The molecular weight excluding hydrogens is 284 g/mol. The van der Waals surface area contributed by atoms with E-state index in [2.05, 4.69) is 10.3 Å². The molecule has 1 saturated carbocycles. The number of amides is 1. The number of nitrogens with zero attached hydrogens (tertiary/aromatic N) is 1. The number of ether oxygens (including phenoxy) is 2. The van der Waals surface area contributed by atoms with Gasteiger partial charge >= 0.3 is 0 Å². The average Bonchev–Trinajstić information content (AvgIpc) is 2.98. The second-order valence-corrected chi connectivity index (χ2v) is 5.19. The first-order valence-electron chi connectivity index (χ1n) is 7.27. The van der Waals surface area contributed by atoms with Crippen molar-refractivity contribution < 1.29 is 18.7 Å².